The van der Waals surface area contributed by atoms with Crippen LogP contribution in [0.4, 0.5) is 0 Å². The predicted octanol–water partition coefficient (Wildman–Crippen LogP) is 2.84. The molecule has 2 bridgehead atoms. The highest BCUT2D eigenvalue weighted by Gasteiger charge is 2.69. The molecular weight excluding hydrogens is 456 g/mol. The monoisotopic (exact) mass is 476 g/mol. The van der Waals surface area contributed by atoms with Gasteiger partial charge < -0.3 is 10.1 Å². The number of thioether (sulfide) groups is 1. The largest absolute Gasteiger partial charge is 0.481 e. The molecule has 0 spiro atoms. The van der Waals surface area contributed by atoms with E-state index in [1.807, 2.05) is 11.4 Å². The number of carbonyl (C=O) groups is 3. The highest BCUT2D eigenvalue weighted by molar-refractivity contribution is 8.00. The molecule has 2 aromatic rings. The lowest BCUT2D eigenvalue weighted by molar-refractivity contribution is -0.142. The molecule has 0 radical (unpaired) electrons. The molecule has 6 rings (SSSR count). The Balaban J connectivity index is 1.36. The standard InChI is InChI=1S/C21H20N2O5S3/c24-11(25)4-1-5-23-19(26)13-8-7-9(14(13)20(23)27)16-12(8)15(10-3-2-6-29-10)17-18(30-16)22-21(28)31-17/h2-3,6,8-9,12-16H,1,4-5,7H2,(H,22,28)(H,24,25)/t8-,9-,12-,13-,14+,15+,16-/m1/s1. The fourth-order valence-corrected chi connectivity index (χ4v) is 10.3. The van der Waals surface area contributed by atoms with Gasteiger partial charge in [-0.25, -0.2) is 0 Å². The van der Waals surface area contributed by atoms with E-state index in [0.717, 1.165) is 16.3 Å². The summed E-state index contributed by atoms with van der Waals surface area (Å²) in [5.41, 5.74) is 0. The fraction of sp³-hybridized carbons (Fsp3) is 0.524. The van der Waals surface area contributed by atoms with E-state index in [9.17, 15) is 19.2 Å². The first kappa shape index (κ1) is 19.8. The van der Waals surface area contributed by atoms with Crippen LogP contribution in [0.5, 0.6) is 0 Å². The minimum Gasteiger partial charge on any atom is -0.481 e. The highest BCUT2D eigenvalue weighted by atomic mass is 32.2. The lowest BCUT2D eigenvalue weighted by Crippen LogP contribution is -2.42. The molecule has 3 fully saturated rings. The Morgan fingerprint density at radius 1 is 1.19 bits per heavy atom. The molecule has 2 aromatic heterocycles. The SMILES string of the molecule is O=C(O)CCCN1C(=O)[C@@H]2[C@@H]3C[C@@H]([C@H]4Sc5[nH]c(=O)sc5[C@@H](c5cccs5)[C@@H]34)[C@@H]2C1=O. The van der Waals surface area contributed by atoms with Crippen molar-refractivity contribution in [2.75, 3.05) is 6.54 Å². The quantitative estimate of drug-likeness (QED) is 0.643. The number of amides is 2. The average molecular weight is 477 g/mol. The van der Waals surface area contributed by atoms with Crippen LogP contribution in [0.3, 0.4) is 0 Å². The molecule has 7 nitrogen and oxygen atoms in total. The third kappa shape index (κ3) is 2.77. The number of fused-ring (bicyclic) bond motifs is 9. The Hall–Kier alpha value is -1.91. The number of nitrogens with zero attached hydrogens (tertiary/aromatic N) is 1. The number of hydrogen-bond acceptors (Lipinski definition) is 7. The van der Waals surface area contributed by atoms with Gasteiger partial charge in [-0.15, -0.1) is 23.1 Å². The van der Waals surface area contributed by atoms with Crippen molar-refractivity contribution in [2.24, 2.45) is 29.6 Å². The molecule has 2 amide bonds. The number of carboxylic acids is 1. The second-order valence-electron chi connectivity index (χ2n) is 8.80. The van der Waals surface area contributed by atoms with Crippen LogP contribution in [0.15, 0.2) is 27.3 Å². The number of hydrogen-bond donors (Lipinski definition) is 2. The summed E-state index contributed by atoms with van der Waals surface area (Å²) in [6, 6.07) is 4.13. The third-order valence-electron chi connectivity index (χ3n) is 7.44. The minimum absolute atomic E-state index is 0.0473. The van der Waals surface area contributed by atoms with E-state index in [1.54, 1.807) is 23.1 Å². The number of rotatable bonds is 5. The third-order valence-corrected chi connectivity index (χ3v) is 11.0. The van der Waals surface area contributed by atoms with Crippen LogP contribution in [0.1, 0.15) is 34.9 Å². The normalized spacial score (nSPS) is 35.4. The number of carboxylic acid groups (broad SMARTS) is 1. The Labute approximate surface area is 189 Å². The molecule has 10 heteroatoms. The van der Waals surface area contributed by atoms with Crippen molar-refractivity contribution >= 4 is 52.2 Å². The molecular formula is C21H20N2O5S3. The number of thiophene rings is 1. The van der Waals surface area contributed by atoms with Gasteiger partial charge in [0.05, 0.1) is 16.9 Å². The van der Waals surface area contributed by atoms with E-state index >= 15 is 0 Å². The van der Waals surface area contributed by atoms with Gasteiger partial charge in [-0.2, -0.15) is 0 Å². The van der Waals surface area contributed by atoms with Crippen molar-refractivity contribution < 1.29 is 19.5 Å². The smallest absolute Gasteiger partial charge is 0.305 e. The second-order valence-corrected chi connectivity index (χ2v) is 12.0. The van der Waals surface area contributed by atoms with Gasteiger partial charge >= 0.3 is 10.8 Å². The summed E-state index contributed by atoms with van der Waals surface area (Å²) in [5.74, 6) is -1.21. The van der Waals surface area contributed by atoms with Crippen LogP contribution >= 0.6 is 34.4 Å². The molecule has 0 aromatic carbocycles. The second kappa shape index (κ2) is 7.05. The molecule has 0 unspecified atom stereocenters. The molecule has 31 heavy (non-hydrogen) atoms. The van der Waals surface area contributed by atoms with E-state index in [4.69, 9.17) is 5.11 Å². The number of aromatic nitrogens is 1. The lowest BCUT2D eigenvalue weighted by atomic mass is 9.69. The van der Waals surface area contributed by atoms with Gasteiger partial charge in [0.2, 0.25) is 11.8 Å². The molecule has 2 N–H and O–H groups in total. The number of thiazole rings is 1. The molecule has 2 aliphatic carbocycles. The number of likely N-dealkylation sites (tertiary alicyclic amines) is 1. The number of nitrogens with one attached hydrogen (secondary N) is 1. The van der Waals surface area contributed by atoms with Crippen LogP contribution in [-0.2, 0) is 14.4 Å². The number of imide groups is 1. The van der Waals surface area contributed by atoms with Gasteiger partial charge in [-0.05, 0) is 42.0 Å². The van der Waals surface area contributed by atoms with Gasteiger partial charge in [0, 0.05) is 33.9 Å². The number of aliphatic carboxylic acids is 1. The first-order valence-electron chi connectivity index (χ1n) is 10.5. The van der Waals surface area contributed by atoms with Crippen molar-refractivity contribution in [2.45, 2.75) is 35.5 Å². The van der Waals surface area contributed by atoms with Crippen molar-refractivity contribution in [1.29, 1.82) is 0 Å². The molecule has 1 saturated heterocycles. The van der Waals surface area contributed by atoms with E-state index in [0.29, 0.717) is 6.42 Å². The Morgan fingerprint density at radius 2 is 1.97 bits per heavy atom. The summed E-state index contributed by atoms with van der Waals surface area (Å²) in [6.07, 6.45) is 1.12. The summed E-state index contributed by atoms with van der Waals surface area (Å²) in [6.45, 7) is 0.188. The molecule has 2 aliphatic heterocycles. The van der Waals surface area contributed by atoms with E-state index in [-0.39, 0.29) is 70.4 Å². The average Bonchev–Trinajstić information content (AvgIpc) is 3.51. The summed E-state index contributed by atoms with van der Waals surface area (Å²) in [5, 5.41) is 12.1. The summed E-state index contributed by atoms with van der Waals surface area (Å²) >= 11 is 4.64. The zero-order valence-electron chi connectivity index (χ0n) is 16.4. The molecule has 4 aliphatic rings. The zero-order valence-corrected chi connectivity index (χ0v) is 18.8. The van der Waals surface area contributed by atoms with Crippen LogP contribution in [-0.4, -0.2) is 44.6 Å². The van der Waals surface area contributed by atoms with Gasteiger partial charge in [0.25, 0.3) is 0 Å². The molecule has 4 heterocycles. The maximum atomic E-state index is 13.3. The van der Waals surface area contributed by atoms with Crippen molar-refractivity contribution in [3.63, 3.8) is 0 Å². The highest BCUT2D eigenvalue weighted by Crippen LogP contribution is 2.68. The zero-order chi connectivity index (χ0) is 21.4. The predicted molar refractivity (Wildman–Crippen MR) is 116 cm³/mol. The van der Waals surface area contributed by atoms with Crippen LogP contribution in [0.2, 0.25) is 0 Å². The maximum absolute atomic E-state index is 13.3. The first-order chi connectivity index (χ1) is 15.0. The van der Waals surface area contributed by atoms with Crippen molar-refractivity contribution in [1.82, 2.24) is 9.88 Å². The van der Waals surface area contributed by atoms with Crippen LogP contribution in [0.25, 0.3) is 0 Å². The van der Waals surface area contributed by atoms with E-state index in [2.05, 4.69) is 11.1 Å². The van der Waals surface area contributed by atoms with Crippen molar-refractivity contribution in [3.05, 3.63) is 36.9 Å². The van der Waals surface area contributed by atoms with Crippen LogP contribution < -0.4 is 4.87 Å². The van der Waals surface area contributed by atoms with E-state index < -0.39 is 5.97 Å². The summed E-state index contributed by atoms with van der Waals surface area (Å²) in [7, 11) is 0. The Morgan fingerprint density at radius 3 is 2.68 bits per heavy atom. The molecule has 162 valence electrons. The van der Waals surface area contributed by atoms with Gasteiger partial charge in [0.1, 0.15) is 0 Å². The summed E-state index contributed by atoms with van der Waals surface area (Å²) in [4.78, 5) is 56.0. The summed E-state index contributed by atoms with van der Waals surface area (Å²) < 4.78 is 0. The van der Waals surface area contributed by atoms with E-state index in [1.165, 1.54) is 21.1 Å². The number of H-pyrrole nitrogens is 1. The maximum Gasteiger partial charge on any atom is 0.305 e. The molecule has 7 atom stereocenters. The lowest BCUT2D eigenvalue weighted by Gasteiger charge is -2.42. The van der Waals surface area contributed by atoms with Crippen LogP contribution in [0, 0.1) is 29.6 Å². The van der Waals surface area contributed by atoms with Gasteiger partial charge in [0.15, 0.2) is 0 Å². The first-order valence-corrected chi connectivity index (χ1v) is 13.0. The van der Waals surface area contributed by atoms with Gasteiger partial charge in [-0.3, -0.25) is 24.1 Å². The number of carbonyl (C=O) groups excluding carboxylic acids is 2. The van der Waals surface area contributed by atoms with Gasteiger partial charge in [-0.1, -0.05) is 17.4 Å². The fourth-order valence-electron chi connectivity index (χ4n) is 6.47. The molecule has 2 saturated carbocycles. The number of aromatic amines is 1. The topological polar surface area (TPSA) is 108 Å². The Kier molecular flexibility index (Phi) is 4.49. The minimum atomic E-state index is -0.916. The van der Waals surface area contributed by atoms with Crippen molar-refractivity contribution in [3.8, 4) is 0 Å². The Bertz CT molecular complexity index is 1140.